The number of nitrogens with zero attached hydrogens (tertiary/aromatic N) is 1. The average Bonchev–Trinajstić information content (AvgIpc) is 2.98. The molecule has 1 aliphatic rings. The Morgan fingerprint density at radius 3 is 2.64 bits per heavy atom. The zero-order chi connectivity index (χ0) is 16.6. The third-order valence-corrected chi connectivity index (χ3v) is 5.35. The molecule has 1 heterocycles. The molecule has 1 fully saturated rings. The molecule has 6 nitrogen and oxygen atoms in total. The van der Waals surface area contributed by atoms with Crippen LogP contribution in [0.5, 0.6) is 0 Å². The van der Waals surface area contributed by atoms with E-state index in [1.807, 2.05) is 0 Å². The number of aliphatic imine (C=N–C) groups is 1. The summed E-state index contributed by atoms with van der Waals surface area (Å²) in [4.78, 5) is 4.52. The van der Waals surface area contributed by atoms with Gasteiger partial charge in [-0.1, -0.05) is 20.8 Å². The van der Waals surface area contributed by atoms with Gasteiger partial charge in [-0.25, -0.2) is 8.42 Å². The highest BCUT2D eigenvalue weighted by atomic mass is 32.2. The molecular weight excluding hydrogens is 302 g/mol. The van der Waals surface area contributed by atoms with Crippen LogP contribution in [0.4, 0.5) is 0 Å². The second-order valence-electron chi connectivity index (χ2n) is 6.23. The van der Waals surface area contributed by atoms with Gasteiger partial charge >= 0.3 is 0 Å². The van der Waals surface area contributed by atoms with Crippen LogP contribution in [0.1, 0.15) is 40.5 Å². The Morgan fingerprint density at radius 2 is 2.09 bits per heavy atom. The van der Waals surface area contributed by atoms with Crippen LogP contribution in [-0.4, -0.2) is 57.7 Å². The number of nitrogens with one attached hydrogen (secondary N) is 2. The van der Waals surface area contributed by atoms with Crippen molar-refractivity contribution in [1.82, 2.24) is 10.6 Å². The van der Waals surface area contributed by atoms with E-state index in [-0.39, 0.29) is 23.7 Å². The molecule has 0 amide bonds. The fraction of sp³-hybridized carbons (Fsp3) is 0.933. The Kier molecular flexibility index (Phi) is 8.17. The molecular formula is C15H31N3O3S. The smallest absolute Gasteiger partial charge is 0.191 e. The van der Waals surface area contributed by atoms with Crippen molar-refractivity contribution in [2.75, 3.05) is 31.2 Å². The minimum atomic E-state index is -2.96. The fourth-order valence-electron chi connectivity index (χ4n) is 2.20. The van der Waals surface area contributed by atoms with Gasteiger partial charge in [0.25, 0.3) is 0 Å². The predicted molar refractivity (Wildman–Crippen MR) is 91.0 cm³/mol. The molecule has 7 heteroatoms. The zero-order valence-electron chi connectivity index (χ0n) is 14.3. The molecule has 2 atom stereocenters. The van der Waals surface area contributed by atoms with E-state index in [1.165, 1.54) is 0 Å². The minimum absolute atomic E-state index is 0.125. The van der Waals surface area contributed by atoms with Crippen LogP contribution in [0.15, 0.2) is 4.99 Å². The van der Waals surface area contributed by atoms with Gasteiger partial charge in [0, 0.05) is 25.4 Å². The van der Waals surface area contributed by atoms with Crippen molar-refractivity contribution in [1.29, 1.82) is 0 Å². The lowest BCUT2D eigenvalue weighted by Gasteiger charge is -2.23. The van der Waals surface area contributed by atoms with E-state index in [9.17, 15) is 8.42 Å². The second-order valence-corrected chi connectivity index (χ2v) is 8.70. The van der Waals surface area contributed by atoms with E-state index in [1.54, 1.807) is 6.92 Å². The summed E-state index contributed by atoms with van der Waals surface area (Å²) in [6.45, 7) is 9.84. The summed E-state index contributed by atoms with van der Waals surface area (Å²) in [6, 6.07) is 0.156. The average molecular weight is 333 g/mol. The summed E-state index contributed by atoms with van der Waals surface area (Å²) in [5, 5.41) is 6.46. The van der Waals surface area contributed by atoms with E-state index in [0.29, 0.717) is 25.0 Å². The van der Waals surface area contributed by atoms with Crippen molar-refractivity contribution < 1.29 is 13.2 Å². The van der Waals surface area contributed by atoms with Crippen molar-refractivity contribution in [2.24, 2.45) is 10.9 Å². The Morgan fingerprint density at radius 1 is 1.36 bits per heavy atom. The second kappa shape index (κ2) is 9.35. The molecule has 2 N–H and O–H groups in total. The first kappa shape index (κ1) is 19.2. The van der Waals surface area contributed by atoms with Crippen LogP contribution >= 0.6 is 0 Å². The zero-order valence-corrected chi connectivity index (χ0v) is 15.1. The molecule has 1 rings (SSSR count). The fourth-order valence-corrected chi connectivity index (χ4v) is 2.90. The van der Waals surface area contributed by atoms with Gasteiger partial charge in [0.15, 0.2) is 15.8 Å². The summed E-state index contributed by atoms with van der Waals surface area (Å²) in [7, 11) is -2.96. The number of ether oxygens (including phenoxy) is 1. The maximum atomic E-state index is 11.6. The Hall–Kier alpha value is -0.820. The highest BCUT2D eigenvalue weighted by Gasteiger charge is 2.23. The Bertz CT molecular complexity index is 443. The lowest BCUT2D eigenvalue weighted by atomic mass is 10.1. The summed E-state index contributed by atoms with van der Waals surface area (Å²) >= 11 is 0. The van der Waals surface area contributed by atoms with Crippen LogP contribution in [0.2, 0.25) is 0 Å². The molecule has 0 aliphatic carbocycles. The van der Waals surface area contributed by atoms with Gasteiger partial charge in [0.1, 0.15) is 0 Å². The molecule has 0 aromatic rings. The molecule has 0 bridgehead atoms. The highest BCUT2D eigenvalue weighted by molar-refractivity contribution is 7.91. The van der Waals surface area contributed by atoms with Gasteiger partial charge in [0.05, 0.1) is 17.9 Å². The molecule has 0 unspecified atom stereocenters. The van der Waals surface area contributed by atoms with E-state index >= 15 is 0 Å². The van der Waals surface area contributed by atoms with Crippen molar-refractivity contribution in [3.05, 3.63) is 0 Å². The topological polar surface area (TPSA) is 79.8 Å². The predicted octanol–water partition coefficient (Wildman–Crippen LogP) is 1.18. The van der Waals surface area contributed by atoms with Crippen molar-refractivity contribution in [3.8, 4) is 0 Å². The van der Waals surface area contributed by atoms with Crippen molar-refractivity contribution in [3.63, 3.8) is 0 Å². The van der Waals surface area contributed by atoms with Crippen LogP contribution in [-0.2, 0) is 14.6 Å². The summed E-state index contributed by atoms with van der Waals surface area (Å²) in [6.07, 6.45) is 2.35. The monoisotopic (exact) mass is 333 g/mol. The van der Waals surface area contributed by atoms with Gasteiger partial charge in [-0.15, -0.1) is 0 Å². The molecule has 22 heavy (non-hydrogen) atoms. The van der Waals surface area contributed by atoms with Gasteiger partial charge in [0.2, 0.25) is 0 Å². The summed E-state index contributed by atoms with van der Waals surface area (Å²) in [5.74, 6) is 1.42. The molecule has 0 aromatic carbocycles. The number of rotatable bonds is 8. The van der Waals surface area contributed by atoms with Gasteiger partial charge in [-0.3, -0.25) is 4.99 Å². The molecule has 0 saturated carbocycles. The van der Waals surface area contributed by atoms with Crippen molar-refractivity contribution >= 4 is 15.8 Å². The largest absolute Gasteiger partial charge is 0.376 e. The van der Waals surface area contributed by atoms with E-state index in [4.69, 9.17) is 4.74 Å². The van der Waals surface area contributed by atoms with E-state index < -0.39 is 9.84 Å². The summed E-state index contributed by atoms with van der Waals surface area (Å²) < 4.78 is 28.8. The van der Waals surface area contributed by atoms with Crippen LogP contribution in [0.3, 0.4) is 0 Å². The maximum Gasteiger partial charge on any atom is 0.191 e. The quantitative estimate of drug-likeness (QED) is 0.515. The number of hydrogen-bond donors (Lipinski definition) is 2. The third-order valence-electron chi connectivity index (χ3n) is 3.65. The van der Waals surface area contributed by atoms with Gasteiger partial charge < -0.3 is 15.4 Å². The first-order valence-electron chi connectivity index (χ1n) is 8.21. The number of hydrogen-bond acceptors (Lipinski definition) is 4. The Labute approximate surface area is 135 Å². The molecule has 0 spiro atoms. The summed E-state index contributed by atoms with van der Waals surface area (Å²) in [5.41, 5.74) is 0. The number of sulfone groups is 1. The third kappa shape index (κ3) is 7.45. The van der Waals surface area contributed by atoms with Gasteiger partial charge in [-0.2, -0.15) is 0 Å². The standard InChI is InChI=1S/C15H31N3O3S/c1-5-22(19,20)10-8-16-15(17-11-12(2)3)18-13(4)14-7-6-9-21-14/h12-14H,5-11H2,1-4H3,(H2,16,17,18)/t13-,14+/m1/s1. The van der Waals surface area contributed by atoms with E-state index in [2.05, 4.69) is 36.4 Å². The van der Waals surface area contributed by atoms with Crippen LogP contribution < -0.4 is 10.6 Å². The first-order valence-corrected chi connectivity index (χ1v) is 10.0. The van der Waals surface area contributed by atoms with Crippen LogP contribution in [0.25, 0.3) is 0 Å². The molecule has 0 aromatic heterocycles. The SMILES string of the molecule is CCS(=O)(=O)CCNC(=NCC(C)C)N[C@H](C)[C@@H]1CCCO1. The van der Waals surface area contributed by atoms with E-state index in [0.717, 1.165) is 19.4 Å². The van der Waals surface area contributed by atoms with Gasteiger partial charge in [-0.05, 0) is 25.7 Å². The molecule has 130 valence electrons. The number of guanidine groups is 1. The lowest BCUT2D eigenvalue weighted by molar-refractivity contribution is 0.0890. The Balaban J connectivity index is 2.53. The molecule has 1 aliphatic heterocycles. The van der Waals surface area contributed by atoms with Crippen molar-refractivity contribution in [2.45, 2.75) is 52.7 Å². The normalized spacial score (nSPS) is 21.1. The maximum absolute atomic E-state index is 11.6. The highest BCUT2D eigenvalue weighted by Crippen LogP contribution is 2.15. The minimum Gasteiger partial charge on any atom is -0.376 e. The lowest BCUT2D eigenvalue weighted by Crippen LogP contribution is -2.48. The first-order chi connectivity index (χ1) is 10.3. The molecule has 0 radical (unpaired) electrons. The van der Waals surface area contributed by atoms with Crippen LogP contribution in [0, 0.1) is 5.92 Å². The molecule has 1 saturated heterocycles.